The zero-order chi connectivity index (χ0) is 17.4. The molecule has 0 aliphatic rings. The first kappa shape index (κ1) is 17.6. The van der Waals surface area contributed by atoms with Crippen LogP contribution >= 0.6 is 15.9 Å². The lowest BCUT2D eigenvalue weighted by atomic mass is 10.2. The molecule has 6 heteroatoms. The molecule has 0 heterocycles. The normalized spacial score (nSPS) is 9.67. The Bertz CT molecular complexity index is 767. The molecule has 2 rings (SSSR count). The predicted molar refractivity (Wildman–Crippen MR) is 95.7 cm³/mol. The van der Waals surface area contributed by atoms with Crippen molar-refractivity contribution in [2.24, 2.45) is 0 Å². The Hall–Kier alpha value is -2.78. The number of rotatable bonds is 6. The van der Waals surface area contributed by atoms with Crippen LogP contribution in [-0.4, -0.2) is 25.0 Å². The van der Waals surface area contributed by atoms with Gasteiger partial charge in [0.25, 0.3) is 5.91 Å². The second-order valence-corrected chi connectivity index (χ2v) is 5.71. The number of halogens is 1. The van der Waals surface area contributed by atoms with E-state index in [-0.39, 0.29) is 25.0 Å². The molecule has 0 fully saturated rings. The highest BCUT2D eigenvalue weighted by molar-refractivity contribution is 9.10. The predicted octanol–water partition coefficient (Wildman–Crippen LogP) is 2.56. The second kappa shape index (κ2) is 8.75. The smallest absolute Gasteiger partial charge is 0.258 e. The Morgan fingerprint density at radius 2 is 1.88 bits per heavy atom. The number of terminal acetylenes is 1. The van der Waals surface area contributed by atoms with E-state index >= 15 is 0 Å². The van der Waals surface area contributed by atoms with Crippen LogP contribution in [0.2, 0.25) is 0 Å². The van der Waals surface area contributed by atoms with Crippen molar-refractivity contribution in [1.29, 1.82) is 0 Å². The highest BCUT2D eigenvalue weighted by atomic mass is 79.9. The topological polar surface area (TPSA) is 67.4 Å². The van der Waals surface area contributed by atoms with Gasteiger partial charge in [0.1, 0.15) is 5.75 Å². The number of hydrogen-bond acceptors (Lipinski definition) is 3. The Morgan fingerprint density at radius 3 is 2.58 bits per heavy atom. The van der Waals surface area contributed by atoms with Gasteiger partial charge in [0, 0.05) is 15.7 Å². The molecule has 2 N–H and O–H groups in total. The molecule has 0 saturated heterocycles. The standard InChI is InChI=1S/C18H15BrN2O3/c1-2-13-4-3-5-15(10-13)21-17(22)11-20-18(23)12-24-16-8-6-14(19)7-9-16/h1,3-10H,11-12H2,(H,20,23)(H,21,22). The van der Waals surface area contributed by atoms with E-state index in [9.17, 15) is 9.59 Å². The highest BCUT2D eigenvalue weighted by Crippen LogP contribution is 2.15. The molecule has 0 radical (unpaired) electrons. The van der Waals surface area contributed by atoms with Crippen LogP contribution in [-0.2, 0) is 9.59 Å². The van der Waals surface area contributed by atoms with Crippen molar-refractivity contribution in [3.8, 4) is 18.1 Å². The van der Waals surface area contributed by atoms with Gasteiger partial charge in [-0.2, -0.15) is 0 Å². The van der Waals surface area contributed by atoms with Crippen LogP contribution in [0.3, 0.4) is 0 Å². The molecule has 0 atom stereocenters. The zero-order valence-electron chi connectivity index (χ0n) is 12.7. The van der Waals surface area contributed by atoms with E-state index in [2.05, 4.69) is 32.5 Å². The quantitative estimate of drug-likeness (QED) is 0.749. The van der Waals surface area contributed by atoms with Crippen molar-refractivity contribution in [3.63, 3.8) is 0 Å². The number of benzene rings is 2. The number of ether oxygens (including phenoxy) is 1. The number of nitrogens with one attached hydrogen (secondary N) is 2. The van der Waals surface area contributed by atoms with E-state index in [1.165, 1.54) is 0 Å². The summed E-state index contributed by atoms with van der Waals surface area (Å²) < 4.78 is 6.24. The summed E-state index contributed by atoms with van der Waals surface area (Å²) in [4.78, 5) is 23.5. The van der Waals surface area contributed by atoms with E-state index in [1.54, 1.807) is 36.4 Å². The average molecular weight is 387 g/mol. The Morgan fingerprint density at radius 1 is 1.12 bits per heavy atom. The summed E-state index contributed by atoms with van der Waals surface area (Å²) in [6.45, 7) is -0.315. The maximum atomic E-state index is 11.8. The number of hydrogen-bond donors (Lipinski definition) is 2. The Kier molecular flexibility index (Phi) is 6.41. The molecular formula is C18H15BrN2O3. The summed E-state index contributed by atoms with van der Waals surface area (Å²) in [6.07, 6.45) is 5.30. The molecule has 2 aromatic carbocycles. The van der Waals surface area contributed by atoms with Crippen LogP contribution in [0.4, 0.5) is 5.69 Å². The van der Waals surface area contributed by atoms with Crippen molar-refractivity contribution < 1.29 is 14.3 Å². The van der Waals surface area contributed by atoms with Crippen LogP contribution in [0.15, 0.2) is 53.0 Å². The summed E-state index contributed by atoms with van der Waals surface area (Å²) >= 11 is 3.31. The summed E-state index contributed by atoms with van der Waals surface area (Å²) in [5.41, 5.74) is 1.25. The molecule has 24 heavy (non-hydrogen) atoms. The molecule has 5 nitrogen and oxygen atoms in total. The Balaban J connectivity index is 1.73. The van der Waals surface area contributed by atoms with E-state index in [4.69, 9.17) is 11.2 Å². The van der Waals surface area contributed by atoms with E-state index in [0.717, 1.165) is 4.47 Å². The first-order chi connectivity index (χ1) is 11.6. The average Bonchev–Trinajstić information content (AvgIpc) is 2.59. The molecule has 2 aromatic rings. The molecule has 0 bridgehead atoms. The molecule has 0 spiro atoms. The number of carbonyl (C=O) groups is 2. The monoisotopic (exact) mass is 386 g/mol. The minimum Gasteiger partial charge on any atom is -0.484 e. The van der Waals surface area contributed by atoms with Crippen molar-refractivity contribution in [2.75, 3.05) is 18.5 Å². The molecule has 0 saturated carbocycles. The second-order valence-electron chi connectivity index (χ2n) is 4.79. The maximum absolute atomic E-state index is 11.8. The summed E-state index contributed by atoms with van der Waals surface area (Å²) in [5.74, 6) is 2.33. The van der Waals surface area contributed by atoms with Crippen molar-refractivity contribution >= 4 is 33.4 Å². The van der Waals surface area contributed by atoms with Crippen LogP contribution in [0, 0.1) is 12.3 Å². The van der Waals surface area contributed by atoms with Crippen molar-refractivity contribution in [1.82, 2.24) is 5.32 Å². The third-order valence-electron chi connectivity index (χ3n) is 2.94. The molecule has 0 unspecified atom stereocenters. The first-order valence-corrected chi connectivity index (χ1v) is 7.88. The van der Waals surface area contributed by atoms with Gasteiger partial charge >= 0.3 is 0 Å². The fourth-order valence-corrected chi connectivity index (χ4v) is 2.07. The third kappa shape index (κ3) is 5.78. The fourth-order valence-electron chi connectivity index (χ4n) is 1.80. The SMILES string of the molecule is C#Cc1cccc(NC(=O)CNC(=O)COc2ccc(Br)cc2)c1. The number of anilines is 1. The first-order valence-electron chi connectivity index (χ1n) is 7.08. The summed E-state index contributed by atoms with van der Waals surface area (Å²) in [7, 11) is 0. The Labute approximate surface area is 148 Å². The lowest BCUT2D eigenvalue weighted by Crippen LogP contribution is -2.35. The van der Waals surface area contributed by atoms with Gasteiger partial charge < -0.3 is 15.4 Å². The maximum Gasteiger partial charge on any atom is 0.258 e. The summed E-state index contributed by atoms with van der Waals surface area (Å²) in [6, 6.07) is 14.0. The van der Waals surface area contributed by atoms with Crippen molar-refractivity contribution in [3.05, 3.63) is 58.6 Å². The van der Waals surface area contributed by atoms with Crippen LogP contribution in [0.25, 0.3) is 0 Å². The highest BCUT2D eigenvalue weighted by Gasteiger charge is 2.07. The molecule has 0 aliphatic heterocycles. The molecule has 122 valence electrons. The van der Waals surface area contributed by atoms with Gasteiger partial charge in [-0.15, -0.1) is 6.42 Å². The fraction of sp³-hybridized carbons (Fsp3) is 0.111. The lowest BCUT2D eigenvalue weighted by molar-refractivity contribution is -0.125. The van der Waals surface area contributed by atoms with Gasteiger partial charge in [-0.25, -0.2) is 0 Å². The van der Waals surface area contributed by atoms with Gasteiger partial charge in [-0.05, 0) is 42.5 Å². The zero-order valence-corrected chi connectivity index (χ0v) is 14.3. The largest absolute Gasteiger partial charge is 0.484 e. The molecule has 0 aromatic heterocycles. The van der Waals surface area contributed by atoms with Crippen LogP contribution in [0.1, 0.15) is 5.56 Å². The van der Waals surface area contributed by atoms with Gasteiger partial charge in [0.2, 0.25) is 5.91 Å². The van der Waals surface area contributed by atoms with Gasteiger partial charge in [0.15, 0.2) is 6.61 Å². The van der Waals surface area contributed by atoms with Gasteiger partial charge in [-0.1, -0.05) is 27.9 Å². The van der Waals surface area contributed by atoms with E-state index in [0.29, 0.717) is 17.0 Å². The molecule has 0 aliphatic carbocycles. The van der Waals surface area contributed by atoms with Crippen LogP contribution < -0.4 is 15.4 Å². The summed E-state index contributed by atoms with van der Waals surface area (Å²) in [5, 5.41) is 5.14. The van der Waals surface area contributed by atoms with E-state index < -0.39 is 0 Å². The van der Waals surface area contributed by atoms with Crippen molar-refractivity contribution in [2.45, 2.75) is 0 Å². The molecule has 2 amide bonds. The molecular weight excluding hydrogens is 372 g/mol. The lowest BCUT2D eigenvalue weighted by Gasteiger charge is -2.08. The number of carbonyl (C=O) groups excluding carboxylic acids is 2. The minimum absolute atomic E-state index is 0.150. The number of amides is 2. The third-order valence-corrected chi connectivity index (χ3v) is 3.47. The minimum atomic E-state index is -0.384. The van der Waals surface area contributed by atoms with Crippen LogP contribution in [0.5, 0.6) is 5.75 Å². The van der Waals surface area contributed by atoms with E-state index in [1.807, 2.05) is 12.1 Å². The van der Waals surface area contributed by atoms with Gasteiger partial charge in [-0.3, -0.25) is 9.59 Å². The van der Waals surface area contributed by atoms with Gasteiger partial charge in [0.05, 0.1) is 6.54 Å².